The lowest BCUT2D eigenvalue weighted by Gasteiger charge is -2.25. The van der Waals surface area contributed by atoms with Crippen LogP contribution in [0.1, 0.15) is 40.5 Å². The van der Waals surface area contributed by atoms with E-state index in [0.717, 1.165) is 6.42 Å². The lowest BCUT2D eigenvalue weighted by Crippen LogP contribution is -2.45. The summed E-state index contributed by atoms with van der Waals surface area (Å²) in [5, 5.41) is 2.86. The second kappa shape index (κ2) is 8.97. The van der Waals surface area contributed by atoms with Crippen molar-refractivity contribution in [2.75, 3.05) is 13.1 Å². The van der Waals surface area contributed by atoms with E-state index in [1.165, 1.54) is 0 Å². The van der Waals surface area contributed by atoms with Crippen molar-refractivity contribution < 1.29 is 4.79 Å². The molecule has 0 fully saturated rings. The molecule has 0 aliphatic carbocycles. The predicted octanol–water partition coefficient (Wildman–Crippen LogP) is 0.605. The van der Waals surface area contributed by atoms with Crippen molar-refractivity contribution in [1.29, 1.82) is 0 Å². The SMILES string of the molecule is CC.CC(C)(CCN)NC(=O)CCN. The summed E-state index contributed by atoms with van der Waals surface area (Å²) >= 11 is 0. The normalized spacial score (nSPS) is 10.1. The smallest absolute Gasteiger partial charge is 0.221 e. The van der Waals surface area contributed by atoms with Crippen molar-refractivity contribution in [2.45, 2.75) is 46.1 Å². The van der Waals surface area contributed by atoms with Gasteiger partial charge >= 0.3 is 0 Å². The highest BCUT2D eigenvalue weighted by Crippen LogP contribution is 2.06. The molecular formula is C10H25N3O. The first-order valence-corrected chi connectivity index (χ1v) is 5.23. The van der Waals surface area contributed by atoms with Crippen LogP contribution in [0.4, 0.5) is 0 Å². The van der Waals surface area contributed by atoms with Crippen LogP contribution in [0.15, 0.2) is 0 Å². The van der Waals surface area contributed by atoms with Gasteiger partial charge in [0, 0.05) is 18.5 Å². The van der Waals surface area contributed by atoms with Crippen LogP contribution >= 0.6 is 0 Å². The Morgan fingerprint density at radius 1 is 1.21 bits per heavy atom. The number of rotatable bonds is 5. The van der Waals surface area contributed by atoms with E-state index >= 15 is 0 Å². The Balaban J connectivity index is 0. The van der Waals surface area contributed by atoms with Crippen molar-refractivity contribution in [3.63, 3.8) is 0 Å². The van der Waals surface area contributed by atoms with Gasteiger partial charge in [0.15, 0.2) is 0 Å². The number of nitrogens with two attached hydrogens (primary N) is 2. The molecule has 0 unspecified atom stereocenters. The molecule has 0 saturated heterocycles. The average molecular weight is 203 g/mol. The maximum atomic E-state index is 11.1. The zero-order valence-corrected chi connectivity index (χ0v) is 9.89. The summed E-state index contributed by atoms with van der Waals surface area (Å²) in [6, 6.07) is 0. The van der Waals surface area contributed by atoms with Gasteiger partial charge in [-0.3, -0.25) is 4.79 Å². The van der Waals surface area contributed by atoms with Crippen LogP contribution in [0.2, 0.25) is 0 Å². The lowest BCUT2D eigenvalue weighted by molar-refractivity contribution is -0.122. The summed E-state index contributed by atoms with van der Waals surface area (Å²) in [4.78, 5) is 11.1. The Morgan fingerprint density at radius 2 is 1.71 bits per heavy atom. The van der Waals surface area contributed by atoms with E-state index in [1.807, 2.05) is 27.7 Å². The number of hydrogen-bond donors (Lipinski definition) is 3. The van der Waals surface area contributed by atoms with Gasteiger partial charge < -0.3 is 16.8 Å². The maximum Gasteiger partial charge on any atom is 0.221 e. The molecule has 5 N–H and O–H groups in total. The van der Waals surface area contributed by atoms with E-state index in [-0.39, 0.29) is 11.4 Å². The highest BCUT2D eigenvalue weighted by molar-refractivity contribution is 5.76. The number of hydrogen-bond acceptors (Lipinski definition) is 3. The lowest BCUT2D eigenvalue weighted by atomic mass is 10.0. The number of nitrogens with one attached hydrogen (secondary N) is 1. The van der Waals surface area contributed by atoms with Crippen molar-refractivity contribution in [3.05, 3.63) is 0 Å². The first-order valence-electron chi connectivity index (χ1n) is 5.23. The molecule has 0 aliphatic heterocycles. The summed E-state index contributed by atoms with van der Waals surface area (Å²) in [6.07, 6.45) is 1.16. The van der Waals surface area contributed by atoms with Gasteiger partial charge in [0.1, 0.15) is 0 Å². The molecule has 4 heteroatoms. The van der Waals surface area contributed by atoms with Gasteiger partial charge in [-0.05, 0) is 26.8 Å². The topological polar surface area (TPSA) is 81.1 Å². The largest absolute Gasteiger partial charge is 0.351 e. The minimum atomic E-state index is -0.207. The predicted molar refractivity (Wildman–Crippen MR) is 60.9 cm³/mol. The fourth-order valence-corrected chi connectivity index (χ4v) is 0.994. The van der Waals surface area contributed by atoms with Crippen LogP contribution < -0.4 is 16.8 Å². The summed E-state index contributed by atoms with van der Waals surface area (Å²) < 4.78 is 0. The summed E-state index contributed by atoms with van der Waals surface area (Å²) in [5.41, 5.74) is 10.4. The second-order valence-electron chi connectivity index (χ2n) is 3.51. The van der Waals surface area contributed by atoms with E-state index in [0.29, 0.717) is 19.5 Å². The Bertz CT molecular complexity index is 146. The first-order chi connectivity index (χ1) is 6.52. The highest BCUT2D eigenvalue weighted by Gasteiger charge is 2.18. The Labute approximate surface area is 87.4 Å². The molecule has 4 nitrogen and oxygen atoms in total. The molecule has 86 valence electrons. The van der Waals surface area contributed by atoms with Gasteiger partial charge in [0.2, 0.25) is 5.91 Å². The van der Waals surface area contributed by atoms with Gasteiger partial charge in [-0.1, -0.05) is 13.8 Å². The van der Waals surface area contributed by atoms with Gasteiger partial charge in [-0.15, -0.1) is 0 Å². The third-order valence-electron chi connectivity index (χ3n) is 1.62. The Morgan fingerprint density at radius 3 is 2.07 bits per heavy atom. The zero-order valence-electron chi connectivity index (χ0n) is 9.89. The number of carbonyl (C=O) groups excluding carboxylic acids is 1. The molecule has 0 heterocycles. The summed E-state index contributed by atoms with van der Waals surface area (Å²) in [7, 11) is 0. The van der Waals surface area contributed by atoms with Crippen LogP contribution in [-0.2, 0) is 4.79 Å². The van der Waals surface area contributed by atoms with Gasteiger partial charge in [-0.2, -0.15) is 0 Å². The average Bonchev–Trinajstić information content (AvgIpc) is 2.06. The van der Waals surface area contributed by atoms with Crippen LogP contribution in [-0.4, -0.2) is 24.5 Å². The second-order valence-corrected chi connectivity index (χ2v) is 3.51. The summed E-state index contributed by atoms with van der Waals surface area (Å²) in [5.74, 6) is -0.00375. The van der Waals surface area contributed by atoms with E-state index < -0.39 is 0 Å². The molecule has 1 amide bonds. The molecule has 0 bridgehead atoms. The van der Waals surface area contributed by atoms with Gasteiger partial charge in [0.25, 0.3) is 0 Å². The first kappa shape index (κ1) is 15.8. The standard InChI is InChI=1S/C8H19N3O.C2H6/c1-8(2,4-6-10)11-7(12)3-5-9;1-2/h3-6,9-10H2,1-2H3,(H,11,12);1-2H3. The van der Waals surface area contributed by atoms with Crippen molar-refractivity contribution in [1.82, 2.24) is 5.32 Å². The molecule has 0 aromatic heterocycles. The minimum Gasteiger partial charge on any atom is -0.351 e. The molecule has 0 aliphatic rings. The third kappa shape index (κ3) is 9.48. The van der Waals surface area contributed by atoms with Crippen LogP contribution in [0, 0.1) is 0 Å². The molecule has 14 heavy (non-hydrogen) atoms. The monoisotopic (exact) mass is 203 g/mol. The molecule has 0 atom stereocenters. The number of amides is 1. The molecular weight excluding hydrogens is 178 g/mol. The maximum absolute atomic E-state index is 11.1. The summed E-state index contributed by atoms with van der Waals surface area (Å²) in [6.45, 7) is 8.88. The highest BCUT2D eigenvalue weighted by atomic mass is 16.1. The number of carbonyl (C=O) groups is 1. The van der Waals surface area contributed by atoms with Crippen molar-refractivity contribution in [2.24, 2.45) is 11.5 Å². The third-order valence-corrected chi connectivity index (χ3v) is 1.62. The minimum absolute atomic E-state index is 0.00375. The molecule has 0 rings (SSSR count). The molecule has 0 aromatic rings. The van der Waals surface area contributed by atoms with E-state index in [9.17, 15) is 4.79 Å². The zero-order chi connectivity index (χ0) is 11.6. The molecule has 0 radical (unpaired) electrons. The molecule has 0 aromatic carbocycles. The molecule has 0 saturated carbocycles. The fraction of sp³-hybridized carbons (Fsp3) is 0.900. The van der Waals surface area contributed by atoms with Crippen LogP contribution in [0.3, 0.4) is 0 Å². The quantitative estimate of drug-likeness (QED) is 0.612. The fourth-order valence-electron chi connectivity index (χ4n) is 0.994. The molecule has 0 spiro atoms. The van der Waals surface area contributed by atoms with E-state index in [1.54, 1.807) is 0 Å². The van der Waals surface area contributed by atoms with E-state index in [2.05, 4.69) is 5.32 Å². The van der Waals surface area contributed by atoms with Crippen molar-refractivity contribution in [3.8, 4) is 0 Å². The van der Waals surface area contributed by atoms with Crippen LogP contribution in [0.25, 0.3) is 0 Å². The Kier molecular flexibility index (Phi) is 10.1. The van der Waals surface area contributed by atoms with Crippen molar-refractivity contribution >= 4 is 5.91 Å². The van der Waals surface area contributed by atoms with Gasteiger partial charge in [0.05, 0.1) is 0 Å². The van der Waals surface area contributed by atoms with Crippen LogP contribution in [0.5, 0.6) is 0 Å². The van der Waals surface area contributed by atoms with Gasteiger partial charge in [-0.25, -0.2) is 0 Å². The van der Waals surface area contributed by atoms with E-state index in [4.69, 9.17) is 11.5 Å². The Hall–Kier alpha value is -0.610.